The summed E-state index contributed by atoms with van der Waals surface area (Å²) in [6.07, 6.45) is 11.2. The Hall–Kier alpha value is -2.42. The van der Waals surface area contributed by atoms with Gasteiger partial charge in [0.05, 0.1) is 25.0 Å². The van der Waals surface area contributed by atoms with E-state index in [1.54, 1.807) is 0 Å². The highest BCUT2D eigenvalue weighted by Crippen LogP contribution is 2.37. The molecular weight excluding hydrogens is 564 g/mol. The van der Waals surface area contributed by atoms with Gasteiger partial charge in [0.2, 0.25) is 18.0 Å². The molecule has 4 aliphatic carbocycles. The van der Waals surface area contributed by atoms with E-state index in [0.29, 0.717) is 37.7 Å². The smallest absolute Gasteiger partial charge is 0.307 e. The maximum atomic E-state index is 12.9. The summed E-state index contributed by atoms with van der Waals surface area (Å²) in [7, 11) is 0. The van der Waals surface area contributed by atoms with Gasteiger partial charge in [-0.25, -0.2) is 4.89 Å². The van der Waals surface area contributed by atoms with Gasteiger partial charge < -0.3 is 15.3 Å². The Labute approximate surface area is 251 Å². The van der Waals surface area contributed by atoms with E-state index in [1.807, 2.05) is 0 Å². The maximum Gasteiger partial charge on any atom is 0.307 e. The summed E-state index contributed by atoms with van der Waals surface area (Å²) >= 11 is 0. The van der Waals surface area contributed by atoms with Crippen molar-refractivity contribution in [3.05, 3.63) is 20.2 Å². The first-order valence-corrected chi connectivity index (χ1v) is 16.1. The first kappa shape index (κ1) is 33.5. The molecule has 1 amide bonds. The molecule has 0 aromatic rings. The Kier molecular flexibility index (Phi) is 12.5. The second kappa shape index (κ2) is 16.1. The summed E-state index contributed by atoms with van der Waals surface area (Å²) in [4.78, 5) is 56.4. The van der Waals surface area contributed by atoms with Crippen molar-refractivity contribution in [3.63, 3.8) is 0 Å². The molecule has 43 heavy (non-hydrogen) atoms. The first-order valence-electron chi connectivity index (χ1n) is 16.1. The third-order valence-corrected chi connectivity index (χ3v) is 10.7. The zero-order valence-corrected chi connectivity index (χ0v) is 24.8. The molecule has 244 valence electrons. The van der Waals surface area contributed by atoms with Crippen LogP contribution in [0.25, 0.3) is 0 Å². The van der Waals surface area contributed by atoms with Gasteiger partial charge in [-0.05, 0) is 94.3 Å². The summed E-state index contributed by atoms with van der Waals surface area (Å²) in [6, 6.07) is -1.18. The Bertz CT molecular complexity index is 954. The number of aliphatic carboxylic acids is 1. The molecule has 0 aromatic carbocycles. The highest BCUT2D eigenvalue weighted by atomic mass is 17.1. The van der Waals surface area contributed by atoms with Crippen LogP contribution in [-0.2, 0) is 19.3 Å². The van der Waals surface area contributed by atoms with Gasteiger partial charge in [0, 0.05) is 47.6 Å². The van der Waals surface area contributed by atoms with Crippen molar-refractivity contribution < 1.29 is 39.5 Å². The van der Waals surface area contributed by atoms with Crippen LogP contribution in [0.4, 0.5) is 0 Å². The second-order valence-corrected chi connectivity index (χ2v) is 13.5. The third-order valence-electron chi connectivity index (χ3n) is 10.7. The third kappa shape index (κ3) is 9.53. The van der Waals surface area contributed by atoms with E-state index in [9.17, 15) is 34.9 Å². The molecular formula is C29H48N4O10. The lowest BCUT2D eigenvalue weighted by molar-refractivity contribution is -0.529. The molecule has 4 saturated carbocycles. The van der Waals surface area contributed by atoms with E-state index in [4.69, 9.17) is 10.1 Å². The highest BCUT2D eigenvalue weighted by molar-refractivity contribution is 5.85. The molecule has 4 aliphatic rings. The van der Waals surface area contributed by atoms with Gasteiger partial charge in [-0.2, -0.15) is 5.48 Å². The minimum atomic E-state index is -1.13. The number of nitrogens with one attached hydrogen (secondary N) is 2. The van der Waals surface area contributed by atoms with Crippen molar-refractivity contribution in [1.29, 1.82) is 0 Å². The topological polar surface area (TPSA) is 203 Å². The molecule has 0 saturated heterocycles. The van der Waals surface area contributed by atoms with Gasteiger partial charge >= 0.3 is 5.97 Å². The molecule has 14 nitrogen and oxygen atoms in total. The Morgan fingerprint density at radius 2 is 1.30 bits per heavy atom. The number of amides is 1. The largest absolute Gasteiger partial charge is 0.481 e. The van der Waals surface area contributed by atoms with Gasteiger partial charge in [-0.3, -0.25) is 35.1 Å². The van der Waals surface area contributed by atoms with Crippen molar-refractivity contribution in [3.8, 4) is 0 Å². The number of carbonyl (C=O) groups is 2. The monoisotopic (exact) mass is 612 g/mol. The molecule has 0 radical (unpaired) electrons. The number of carbonyl (C=O) groups excluding carboxylic acids is 1. The predicted octanol–water partition coefficient (Wildman–Crippen LogP) is 3.83. The van der Waals surface area contributed by atoms with E-state index in [0.717, 1.165) is 51.4 Å². The number of nitrogens with zero attached hydrogens (tertiary/aromatic N) is 2. The summed E-state index contributed by atoms with van der Waals surface area (Å²) in [5, 5.41) is 43.8. The average molecular weight is 613 g/mol. The fourth-order valence-electron chi connectivity index (χ4n) is 8.05. The second-order valence-electron chi connectivity index (χ2n) is 13.5. The molecule has 0 bridgehead atoms. The standard InChI is InChI=1S/C29H48N4O10/c34-28(26-12-11-25(33(39)40)15-27(26)29(35)36)30-22-6-1-18(2-7-22)13-19-3-8-23(9-4-19)31-42-16-20-5-10-24(32(37)38)14-21(20)17-43-41/h18-27,31,41H,1-17H2,(H,30,34)(H,35,36). The van der Waals surface area contributed by atoms with Crippen LogP contribution in [0.2, 0.25) is 0 Å². The first-order chi connectivity index (χ1) is 20.6. The Morgan fingerprint density at radius 1 is 0.721 bits per heavy atom. The Balaban J connectivity index is 1.10. The normalized spacial score (nSPS) is 36.9. The average Bonchev–Trinajstić information content (AvgIpc) is 2.99. The molecule has 6 unspecified atom stereocenters. The van der Waals surface area contributed by atoms with E-state index in [1.165, 1.54) is 6.42 Å². The zero-order chi connectivity index (χ0) is 30.9. The maximum absolute atomic E-state index is 12.9. The summed E-state index contributed by atoms with van der Waals surface area (Å²) in [6.45, 7) is 0.519. The van der Waals surface area contributed by atoms with E-state index in [-0.39, 0.29) is 60.6 Å². The lowest BCUT2D eigenvalue weighted by atomic mass is 9.75. The minimum absolute atomic E-state index is 0.0293. The molecule has 4 rings (SSSR count). The van der Waals surface area contributed by atoms with Gasteiger partial charge in [-0.15, -0.1) is 0 Å². The lowest BCUT2D eigenvalue weighted by Gasteiger charge is -2.36. The highest BCUT2D eigenvalue weighted by Gasteiger charge is 2.44. The van der Waals surface area contributed by atoms with Gasteiger partial charge in [0.15, 0.2) is 0 Å². The fraction of sp³-hybridized carbons (Fsp3) is 0.931. The van der Waals surface area contributed by atoms with Crippen molar-refractivity contribution >= 4 is 11.9 Å². The number of carboxylic acids is 1. The van der Waals surface area contributed by atoms with E-state index in [2.05, 4.69) is 15.7 Å². The number of hydroxylamine groups is 1. The zero-order valence-electron chi connectivity index (χ0n) is 24.8. The number of hydrogen-bond donors (Lipinski definition) is 4. The molecule has 0 aromatic heterocycles. The molecule has 0 spiro atoms. The molecule has 6 atom stereocenters. The van der Waals surface area contributed by atoms with Crippen LogP contribution in [0.15, 0.2) is 0 Å². The molecule has 4 fully saturated rings. The molecule has 0 heterocycles. The van der Waals surface area contributed by atoms with Gasteiger partial charge in [-0.1, -0.05) is 0 Å². The van der Waals surface area contributed by atoms with Crippen molar-refractivity contribution in [2.45, 2.75) is 120 Å². The number of rotatable bonds is 13. The van der Waals surface area contributed by atoms with Crippen LogP contribution < -0.4 is 10.8 Å². The van der Waals surface area contributed by atoms with Crippen LogP contribution >= 0.6 is 0 Å². The summed E-state index contributed by atoms with van der Waals surface area (Å²) < 4.78 is 0. The van der Waals surface area contributed by atoms with Crippen LogP contribution in [0, 0.1) is 55.7 Å². The van der Waals surface area contributed by atoms with Crippen molar-refractivity contribution in [1.82, 2.24) is 10.8 Å². The number of carboxylic acid groups (broad SMARTS) is 1. The quantitative estimate of drug-likeness (QED) is 0.134. The molecule has 0 aliphatic heterocycles. The van der Waals surface area contributed by atoms with Crippen LogP contribution in [-0.4, -0.2) is 69.5 Å². The number of nitro groups is 2. The van der Waals surface area contributed by atoms with Gasteiger partial charge in [0.1, 0.15) is 0 Å². The van der Waals surface area contributed by atoms with Crippen LogP contribution in [0.1, 0.15) is 96.3 Å². The number of hydrogen-bond acceptors (Lipinski definition) is 10. The van der Waals surface area contributed by atoms with Gasteiger partial charge in [0.25, 0.3) is 0 Å². The minimum Gasteiger partial charge on any atom is -0.481 e. The van der Waals surface area contributed by atoms with Crippen molar-refractivity contribution in [2.24, 2.45) is 35.5 Å². The van der Waals surface area contributed by atoms with E-state index < -0.39 is 34.8 Å². The summed E-state index contributed by atoms with van der Waals surface area (Å²) in [5.41, 5.74) is 3.21. The SMILES string of the molecule is O=C(O)C1CC([N+](=O)[O-])CCC1C(=O)NC1CCC(CC2CCC(NOCC3CCC([N+](=O)[O-])CC3COO)CC2)CC1. The fourth-order valence-corrected chi connectivity index (χ4v) is 8.05. The predicted molar refractivity (Wildman–Crippen MR) is 153 cm³/mol. The summed E-state index contributed by atoms with van der Waals surface area (Å²) in [5.74, 6) is -1.85. The lowest BCUT2D eigenvalue weighted by Crippen LogP contribution is -2.47. The van der Waals surface area contributed by atoms with Crippen molar-refractivity contribution in [2.75, 3.05) is 13.2 Å². The van der Waals surface area contributed by atoms with Crippen LogP contribution in [0.5, 0.6) is 0 Å². The molecule has 4 N–H and O–H groups in total. The van der Waals surface area contributed by atoms with E-state index >= 15 is 0 Å². The Morgan fingerprint density at radius 3 is 1.88 bits per heavy atom. The van der Waals surface area contributed by atoms with Crippen LogP contribution in [0.3, 0.4) is 0 Å². The molecule has 14 heteroatoms.